The molecule has 5 heteroatoms. The molecular weight excluding hydrogens is 334 g/mol. The Morgan fingerprint density at radius 2 is 1.60 bits per heavy atom. The Morgan fingerprint density at radius 3 is 2.16 bits per heavy atom. The van der Waals surface area contributed by atoms with Crippen molar-refractivity contribution in [3.05, 3.63) is 77.1 Å². The summed E-state index contributed by atoms with van der Waals surface area (Å²) in [7, 11) is 0. The third kappa shape index (κ3) is 3.30. The number of carbonyl (C=O) groups is 1. The van der Waals surface area contributed by atoms with Crippen LogP contribution in [0.5, 0.6) is 0 Å². The number of amides is 1. The van der Waals surface area contributed by atoms with Gasteiger partial charge in [-0.05, 0) is 45.0 Å². The maximum Gasteiger partial charge on any atom is 0.263 e. The summed E-state index contributed by atoms with van der Waals surface area (Å²) in [6.45, 7) is 5.77. The Balaban J connectivity index is 2.06. The fraction of sp³-hybridized carbons (Fsp3) is 0.200. The first-order chi connectivity index (χ1) is 12.0. The molecule has 0 bridgehead atoms. The number of halogens is 1. The van der Waals surface area contributed by atoms with Crippen molar-refractivity contribution in [3.8, 4) is 5.69 Å². The minimum atomic E-state index is -0.147. The highest BCUT2D eigenvalue weighted by Crippen LogP contribution is 2.28. The first-order valence-electron chi connectivity index (χ1n) is 8.20. The molecule has 0 saturated heterocycles. The number of hydrogen-bond acceptors (Lipinski definition) is 2. The Bertz CT molecular complexity index is 873. The van der Waals surface area contributed by atoms with Crippen LogP contribution in [0.25, 0.3) is 5.69 Å². The molecule has 0 saturated carbocycles. The van der Waals surface area contributed by atoms with E-state index in [0.29, 0.717) is 16.4 Å². The molecule has 0 atom stereocenters. The maximum absolute atomic E-state index is 13.3. The van der Waals surface area contributed by atoms with Gasteiger partial charge in [0.2, 0.25) is 0 Å². The molecule has 0 radical (unpaired) electrons. The molecule has 2 aromatic carbocycles. The van der Waals surface area contributed by atoms with Gasteiger partial charge in [0, 0.05) is 11.7 Å². The van der Waals surface area contributed by atoms with E-state index in [2.05, 4.69) is 5.10 Å². The van der Waals surface area contributed by atoms with Gasteiger partial charge >= 0.3 is 0 Å². The molecule has 3 aromatic rings. The highest BCUT2D eigenvalue weighted by Gasteiger charge is 2.28. The van der Waals surface area contributed by atoms with Gasteiger partial charge < -0.3 is 4.90 Å². The van der Waals surface area contributed by atoms with E-state index < -0.39 is 0 Å². The van der Waals surface area contributed by atoms with Gasteiger partial charge in [-0.1, -0.05) is 48.0 Å². The summed E-state index contributed by atoms with van der Waals surface area (Å²) in [4.78, 5) is 15.0. The number of benzene rings is 2. The molecule has 25 heavy (non-hydrogen) atoms. The van der Waals surface area contributed by atoms with Crippen molar-refractivity contribution in [2.45, 2.75) is 26.8 Å². The lowest BCUT2D eigenvalue weighted by atomic mass is 10.1. The van der Waals surface area contributed by atoms with Crippen molar-refractivity contribution in [1.29, 1.82) is 0 Å². The number of rotatable bonds is 4. The predicted molar refractivity (Wildman–Crippen MR) is 102 cm³/mol. The van der Waals surface area contributed by atoms with Crippen molar-refractivity contribution in [3.63, 3.8) is 0 Å². The second-order valence-electron chi connectivity index (χ2n) is 6.10. The van der Waals surface area contributed by atoms with E-state index in [1.165, 1.54) is 0 Å². The Labute approximate surface area is 152 Å². The average Bonchev–Trinajstić information content (AvgIpc) is 2.91. The lowest BCUT2D eigenvalue weighted by Gasteiger charge is -2.27. The van der Waals surface area contributed by atoms with Gasteiger partial charge in [-0.2, -0.15) is 5.10 Å². The second kappa shape index (κ2) is 7.11. The molecule has 3 rings (SSSR count). The Morgan fingerprint density at radius 1 is 1.04 bits per heavy atom. The molecule has 0 N–H and O–H groups in total. The highest BCUT2D eigenvalue weighted by atomic mass is 35.5. The van der Waals surface area contributed by atoms with Crippen LogP contribution in [0.3, 0.4) is 0 Å². The van der Waals surface area contributed by atoms with Crippen LogP contribution >= 0.6 is 11.6 Å². The number of para-hydroxylation sites is 2. The van der Waals surface area contributed by atoms with Crippen LogP contribution in [-0.4, -0.2) is 21.7 Å². The number of anilines is 1. The van der Waals surface area contributed by atoms with Crippen molar-refractivity contribution >= 4 is 23.2 Å². The molecule has 0 fully saturated rings. The van der Waals surface area contributed by atoms with Crippen molar-refractivity contribution in [2.75, 3.05) is 4.90 Å². The zero-order valence-corrected chi connectivity index (χ0v) is 15.2. The Kier molecular flexibility index (Phi) is 4.91. The summed E-state index contributed by atoms with van der Waals surface area (Å²) < 4.78 is 1.60. The average molecular weight is 354 g/mol. The third-order valence-corrected chi connectivity index (χ3v) is 4.34. The van der Waals surface area contributed by atoms with Crippen molar-refractivity contribution < 1.29 is 4.79 Å². The van der Waals surface area contributed by atoms with Crippen LogP contribution in [-0.2, 0) is 0 Å². The second-order valence-corrected chi connectivity index (χ2v) is 6.46. The third-order valence-electron chi connectivity index (χ3n) is 3.99. The van der Waals surface area contributed by atoms with Gasteiger partial charge in [0.05, 0.1) is 11.4 Å². The van der Waals surface area contributed by atoms with E-state index in [1.807, 2.05) is 81.4 Å². The van der Waals surface area contributed by atoms with Crippen LogP contribution in [0.1, 0.15) is 29.9 Å². The van der Waals surface area contributed by atoms with Crippen LogP contribution in [0.15, 0.2) is 60.7 Å². The summed E-state index contributed by atoms with van der Waals surface area (Å²) in [5.74, 6) is -0.147. The highest BCUT2D eigenvalue weighted by molar-refractivity contribution is 6.34. The SMILES string of the molecule is Cc1nn(-c2ccccc2)c(Cl)c1C(=O)N(c1ccccc1)C(C)C. The van der Waals surface area contributed by atoms with Crippen LogP contribution in [0.2, 0.25) is 5.15 Å². The van der Waals surface area contributed by atoms with E-state index in [-0.39, 0.29) is 11.9 Å². The van der Waals surface area contributed by atoms with Crippen LogP contribution < -0.4 is 4.90 Å². The normalized spacial score (nSPS) is 10.9. The minimum Gasteiger partial charge on any atom is -0.306 e. The summed E-state index contributed by atoms with van der Waals surface area (Å²) in [6, 6.07) is 19.2. The van der Waals surface area contributed by atoms with Crippen molar-refractivity contribution in [2.24, 2.45) is 0 Å². The van der Waals surface area contributed by atoms with Gasteiger partial charge in [0.1, 0.15) is 10.7 Å². The molecule has 0 unspecified atom stereocenters. The summed E-state index contributed by atoms with van der Waals surface area (Å²) in [5.41, 5.74) is 2.71. The predicted octanol–water partition coefficient (Wildman–Crippen LogP) is 4.89. The molecule has 0 aliphatic carbocycles. The van der Waals surface area contributed by atoms with E-state index in [1.54, 1.807) is 9.58 Å². The standard InChI is InChI=1S/C20H20ClN3O/c1-14(2)23(16-10-6-4-7-11-16)20(25)18-15(3)22-24(19(18)21)17-12-8-5-9-13-17/h4-14H,1-3H3. The summed E-state index contributed by atoms with van der Waals surface area (Å²) in [5, 5.41) is 4.80. The summed E-state index contributed by atoms with van der Waals surface area (Å²) in [6.07, 6.45) is 0. The monoisotopic (exact) mass is 353 g/mol. The molecular formula is C20H20ClN3O. The quantitative estimate of drug-likeness (QED) is 0.669. The number of aryl methyl sites for hydroxylation is 1. The lowest BCUT2D eigenvalue weighted by Crippen LogP contribution is -2.37. The number of aromatic nitrogens is 2. The van der Waals surface area contributed by atoms with E-state index >= 15 is 0 Å². The smallest absolute Gasteiger partial charge is 0.263 e. The molecule has 0 aliphatic rings. The fourth-order valence-electron chi connectivity index (χ4n) is 2.84. The molecule has 0 aliphatic heterocycles. The topological polar surface area (TPSA) is 38.1 Å². The molecule has 1 amide bonds. The fourth-order valence-corrected chi connectivity index (χ4v) is 3.19. The lowest BCUT2D eigenvalue weighted by molar-refractivity contribution is 0.0980. The van der Waals surface area contributed by atoms with Crippen molar-refractivity contribution in [1.82, 2.24) is 9.78 Å². The zero-order chi connectivity index (χ0) is 18.0. The van der Waals surface area contributed by atoms with E-state index in [4.69, 9.17) is 11.6 Å². The van der Waals surface area contributed by atoms with E-state index in [0.717, 1.165) is 11.4 Å². The first-order valence-corrected chi connectivity index (χ1v) is 8.57. The molecule has 1 aromatic heterocycles. The van der Waals surface area contributed by atoms with Crippen LogP contribution in [0.4, 0.5) is 5.69 Å². The number of nitrogens with zero attached hydrogens (tertiary/aromatic N) is 3. The molecule has 128 valence electrons. The van der Waals surface area contributed by atoms with Crippen LogP contribution in [0, 0.1) is 6.92 Å². The summed E-state index contributed by atoms with van der Waals surface area (Å²) >= 11 is 6.55. The molecule has 1 heterocycles. The zero-order valence-electron chi connectivity index (χ0n) is 14.5. The molecule has 0 spiro atoms. The maximum atomic E-state index is 13.3. The minimum absolute atomic E-state index is 0.00885. The number of carbonyl (C=O) groups excluding carboxylic acids is 1. The molecule has 4 nitrogen and oxygen atoms in total. The van der Waals surface area contributed by atoms with Gasteiger partial charge in [-0.25, -0.2) is 4.68 Å². The largest absolute Gasteiger partial charge is 0.306 e. The van der Waals surface area contributed by atoms with Gasteiger partial charge in [-0.15, -0.1) is 0 Å². The number of hydrogen-bond donors (Lipinski definition) is 0. The Hall–Kier alpha value is -2.59. The first kappa shape index (κ1) is 17.2. The van der Waals surface area contributed by atoms with Gasteiger partial charge in [-0.3, -0.25) is 4.79 Å². The van der Waals surface area contributed by atoms with Gasteiger partial charge in [0.25, 0.3) is 5.91 Å². The van der Waals surface area contributed by atoms with Gasteiger partial charge in [0.15, 0.2) is 0 Å². The van der Waals surface area contributed by atoms with E-state index in [9.17, 15) is 4.79 Å².